The number of rotatable bonds is 2. The van der Waals surface area contributed by atoms with Crippen LogP contribution in [0.3, 0.4) is 0 Å². The molecule has 4 heteroatoms. The highest BCUT2D eigenvalue weighted by Crippen LogP contribution is 2.51. The molecule has 3 heterocycles. The van der Waals surface area contributed by atoms with Gasteiger partial charge in [-0.05, 0) is 55.7 Å². The molecule has 1 aromatic heterocycles. The van der Waals surface area contributed by atoms with Gasteiger partial charge in [-0.2, -0.15) is 0 Å². The van der Waals surface area contributed by atoms with E-state index in [2.05, 4.69) is 97.3 Å². The van der Waals surface area contributed by atoms with Gasteiger partial charge in [0.2, 0.25) is 0 Å². The van der Waals surface area contributed by atoms with Crippen molar-refractivity contribution in [3.8, 4) is 11.3 Å². The lowest BCUT2D eigenvalue weighted by Gasteiger charge is -2.26. The number of anilines is 4. The summed E-state index contributed by atoms with van der Waals surface area (Å²) < 4.78 is 0. The molecule has 31 heavy (non-hydrogen) atoms. The molecule has 0 fully saturated rings. The third-order valence-electron chi connectivity index (χ3n) is 6.41. The molecule has 0 spiro atoms. The largest absolute Gasteiger partial charge is 0.302 e. The van der Waals surface area contributed by atoms with E-state index in [1.807, 2.05) is 6.20 Å². The first-order valence-electron chi connectivity index (χ1n) is 10.8. The highest BCUT2D eigenvalue weighted by Gasteiger charge is 2.45. The number of para-hydroxylation sites is 2. The lowest BCUT2D eigenvalue weighted by atomic mass is 9.97. The fourth-order valence-electron chi connectivity index (χ4n) is 5.26. The van der Waals surface area contributed by atoms with E-state index in [1.54, 1.807) is 0 Å². The number of nitrogens with zero attached hydrogens (tertiary/aromatic N) is 4. The summed E-state index contributed by atoms with van der Waals surface area (Å²) in [4.78, 5) is 14.9. The molecule has 6 rings (SSSR count). The summed E-state index contributed by atoms with van der Waals surface area (Å²) in [7, 11) is 0. The second kappa shape index (κ2) is 6.67. The minimum atomic E-state index is 0.158. The number of hydrogen-bond donors (Lipinski definition) is 0. The fourth-order valence-corrected chi connectivity index (χ4v) is 5.26. The Hall–Kier alpha value is -3.66. The van der Waals surface area contributed by atoms with E-state index in [-0.39, 0.29) is 6.17 Å². The molecule has 4 nitrogen and oxygen atoms in total. The maximum absolute atomic E-state index is 5.21. The molecule has 152 valence electrons. The SMILES string of the molecule is Cc1cc(C)c(-c2cnc3c(n2)N2c4ccccc4CC2N3c2ccccc2)c(C)c1. The highest BCUT2D eigenvalue weighted by atomic mass is 15.5. The van der Waals surface area contributed by atoms with Crippen molar-refractivity contribution in [3.05, 3.63) is 95.2 Å². The minimum absolute atomic E-state index is 0.158. The monoisotopic (exact) mass is 404 g/mol. The number of aryl methyl sites for hydroxylation is 3. The molecule has 0 amide bonds. The molecule has 0 saturated carbocycles. The molecule has 4 aromatic rings. The highest BCUT2D eigenvalue weighted by molar-refractivity contribution is 5.88. The van der Waals surface area contributed by atoms with Gasteiger partial charge in [-0.1, -0.05) is 54.1 Å². The molecule has 3 aromatic carbocycles. The first-order valence-corrected chi connectivity index (χ1v) is 10.8. The Morgan fingerprint density at radius 2 is 1.52 bits per heavy atom. The lowest BCUT2D eigenvalue weighted by Crippen LogP contribution is -2.35. The Kier molecular flexibility index (Phi) is 3.90. The van der Waals surface area contributed by atoms with Crippen LogP contribution in [0, 0.1) is 20.8 Å². The molecule has 0 saturated heterocycles. The molecule has 0 N–H and O–H groups in total. The summed E-state index contributed by atoms with van der Waals surface area (Å²) in [6.45, 7) is 6.46. The Morgan fingerprint density at radius 1 is 0.806 bits per heavy atom. The van der Waals surface area contributed by atoms with E-state index >= 15 is 0 Å². The van der Waals surface area contributed by atoms with Crippen molar-refractivity contribution < 1.29 is 0 Å². The Morgan fingerprint density at radius 3 is 2.29 bits per heavy atom. The smallest absolute Gasteiger partial charge is 0.179 e. The van der Waals surface area contributed by atoms with Crippen LogP contribution in [-0.2, 0) is 6.42 Å². The van der Waals surface area contributed by atoms with Crippen molar-refractivity contribution in [2.24, 2.45) is 0 Å². The van der Waals surface area contributed by atoms with Crippen LogP contribution in [0.25, 0.3) is 11.3 Å². The third-order valence-corrected chi connectivity index (χ3v) is 6.41. The Balaban J connectivity index is 1.57. The van der Waals surface area contributed by atoms with Crippen LogP contribution >= 0.6 is 0 Å². The molecule has 1 unspecified atom stereocenters. The van der Waals surface area contributed by atoms with Gasteiger partial charge < -0.3 is 9.80 Å². The number of fused-ring (bicyclic) bond motifs is 5. The molecular formula is C27H24N4. The first kappa shape index (κ1) is 18.1. The van der Waals surface area contributed by atoms with E-state index in [1.165, 1.54) is 33.5 Å². The second-order valence-corrected chi connectivity index (χ2v) is 8.57. The van der Waals surface area contributed by atoms with Gasteiger partial charge in [0.25, 0.3) is 0 Å². The summed E-state index contributed by atoms with van der Waals surface area (Å²) in [6.07, 6.45) is 3.04. The van der Waals surface area contributed by atoms with Crippen LogP contribution in [0.2, 0.25) is 0 Å². The van der Waals surface area contributed by atoms with Crippen molar-refractivity contribution in [3.63, 3.8) is 0 Å². The molecule has 2 aliphatic rings. The van der Waals surface area contributed by atoms with Gasteiger partial charge in [-0.25, -0.2) is 9.97 Å². The molecule has 2 aliphatic heterocycles. The third kappa shape index (κ3) is 2.68. The average molecular weight is 405 g/mol. The van der Waals surface area contributed by atoms with Crippen molar-refractivity contribution in [1.29, 1.82) is 0 Å². The fraction of sp³-hybridized carbons (Fsp3) is 0.185. The van der Waals surface area contributed by atoms with Crippen molar-refractivity contribution in [1.82, 2.24) is 9.97 Å². The Bertz CT molecular complexity index is 1290. The summed E-state index contributed by atoms with van der Waals surface area (Å²) in [5.74, 6) is 1.87. The summed E-state index contributed by atoms with van der Waals surface area (Å²) in [5.41, 5.74) is 9.61. The van der Waals surface area contributed by atoms with E-state index in [4.69, 9.17) is 9.97 Å². The van der Waals surface area contributed by atoms with Gasteiger partial charge in [0.1, 0.15) is 6.17 Å². The predicted molar refractivity (Wildman–Crippen MR) is 126 cm³/mol. The van der Waals surface area contributed by atoms with Crippen LogP contribution < -0.4 is 9.80 Å². The van der Waals surface area contributed by atoms with Gasteiger partial charge in [0.05, 0.1) is 11.9 Å². The van der Waals surface area contributed by atoms with Crippen LogP contribution in [0.5, 0.6) is 0 Å². The number of benzene rings is 3. The molecule has 0 aliphatic carbocycles. The van der Waals surface area contributed by atoms with E-state index in [0.29, 0.717) is 0 Å². The van der Waals surface area contributed by atoms with E-state index in [0.717, 1.165) is 29.4 Å². The van der Waals surface area contributed by atoms with Crippen LogP contribution in [0.15, 0.2) is 72.9 Å². The maximum Gasteiger partial charge on any atom is 0.179 e. The van der Waals surface area contributed by atoms with E-state index < -0.39 is 0 Å². The van der Waals surface area contributed by atoms with Gasteiger partial charge >= 0.3 is 0 Å². The maximum atomic E-state index is 5.21. The first-order chi connectivity index (χ1) is 15.1. The quantitative estimate of drug-likeness (QED) is 0.396. The van der Waals surface area contributed by atoms with Crippen molar-refractivity contribution >= 4 is 23.0 Å². The normalized spacial score (nSPS) is 16.3. The van der Waals surface area contributed by atoms with Crippen LogP contribution in [0.1, 0.15) is 22.3 Å². The van der Waals surface area contributed by atoms with Crippen molar-refractivity contribution in [2.45, 2.75) is 33.4 Å². The zero-order valence-corrected chi connectivity index (χ0v) is 18.0. The van der Waals surface area contributed by atoms with Gasteiger partial charge in [0.15, 0.2) is 11.6 Å². The summed E-state index contributed by atoms with van der Waals surface area (Å²) in [6, 6.07) is 23.6. The van der Waals surface area contributed by atoms with Gasteiger partial charge in [-0.3, -0.25) is 0 Å². The standard InChI is InChI=1S/C27H24N4/c1-17-13-18(2)25(19(3)14-17)22-16-28-26-27(29-22)31-23-12-8-7-9-20(23)15-24(31)30(26)21-10-5-4-6-11-21/h4-14,16,24H,15H2,1-3H3. The van der Waals surface area contributed by atoms with Gasteiger partial charge in [0, 0.05) is 23.4 Å². The molecular weight excluding hydrogens is 380 g/mol. The lowest BCUT2D eigenvalue weighted by molar-refractivity contribution is 0.723. The van der Waals surface area contributed by atoms with Crippen molar-refractivity contribution in [2.75, 3.05) is 9.80 Å². The topological polar surface area (TPSA) is 32.3 Å². The number of hydrogen-bond acceptors (Lipinski definition) is 4. The zero-order chi connectivity index (χ0) is 21.1. The van der Waals surface area contributed by atoms with Crippen LogP contribution in [0.4, 0.5) is 23.0 Å². The summed E-state index contributed by atoms with van der Waals surface area (Å²) in [5, 5.41) is 0. The molecule has 0 bridgehead atoms. The zero-order valence-electron chi connectivity index (χ0n) is 18.0. The second-order valence-electron chi connectivity index (χ2n) is 8.57. The number of aromatic nitrogens is 2. The predicted octanol–water partition coefficient (Wildman–Crippen LogP) is 6.24. The molecule has 0 radical (unpaired) electrons. The minimum Gasteiger partial charge on any atom is -0.302 e. The average Bonchev–Trinajstić information content (AvgIpc) is 3.28. The van der Waals surface area contributed by atoms with Gasteiger partial charge in [-0.15, -0.1) is 0 Å². The summed E-state index contributed by atoms with van der Waals surface area (Å²) >= 11 is 0. The van der Waals surface area contributed by atoms with Crippen LogP contribution in [-0.4, -0.2) is 16.1 Å². The Labute approximate surface area is 182 Å². The molecule has 1 atom stereocenters. The van der Waals surface area contributed by atoms with E-state index in [9.17, 15) is 0 Å².